The molecule has 59 heavy (non-hydrogen) atoms. The van der Waals surface area contributed by atoms with Gasteiger partial charge in [0.15, 0.2) is 12.1 Å². The van der Waals surface area contributed by atoms with E-state index in [9.17, 15) is 61.0 Å². The minimum Gasteiger partial charge on any atom is -0.507 e. The molecule has 0 spiro atoms. The summed E-state index contributed by atoms with van der Waals surface area (Å²) in [6.45, 7) is 3.48. The molecule has 6 rings (SSSR count). The summed E-state index contributed by atoms with van der Waals surface area (Å²) in [6, 6.07) is 7.20. The fourth-order valence-corrected chi connectivity index (χ4v) is 7.00. The summed E-state index contributed by atoms with van der Waals surface area (Å²) in [5.41, 5.74) is -0.00688. The molecule has 4 heterocycles. The summed E-state index contributed by atoms with van der Waals surface area (Å²) in [5.74, 6) is -1.30. The van der Waals surface area contributed by atoms with Crippen molar-refractivity contribution in [3.63, 3.8) is 0 Å². The zero-order chi connectivity index (χ0) is 43.0. The standard InChI is InChI=1S/C39H50O20/c1-14(2)5-10-18-20(54-37-30(49)28(47)25(44)21(12-40)55-37)11-19(42)23-27(46)36(33(57-34(18)23)16-6-8-17(52-4)9-7-16)59-39-32(51)35(24(43)15(3)53-39)58-38-31(50)29(48)26(45)22(13-41)56-38/h5-9,11,15,21-22,24-26,28-32,35,37-45,47-51H,10,12-13H2,1-4H3/t15-,21-,22+,24-,25-,26-,28+,29-,30-,31+,32+,35+,37-,38+,39-/m1/s1. The summed E-state index contributed by atoms with van der Waals surface area (Å²) in [7, 11) is 1.44. The third-order valence-electron chi connectivity index (χ3n) is 10.5. The van der Waals surface area contributed by atoms with Gasteiger partial charge in [-0.25, -0.2) is 0 Å². The normalized spacial score (nSPS) is 35.0. The highest BCUT2D eigenvalue weighted by Gasteiger charge is 2.51. The quantitative estimate of drug-likeness (QED) is 0.0870. The van der Waals surface area contributed by atoms with E-state index in [1.54, 1.807) is 32.1 Å². The molecule has 0 radical (unpaired) electrons. The second-order valence-electron chi connectivity index (χ2n) is 14.8. The van der Waals surface area contributed by atoms with Gasteiger partial charge in [-0.05, 0) is 51.5 Å². The van der Waals surface area contributed by atoms with E-state index in [4.69, 9.17) is 37.6 Å². The van der Waals surface area contributed by atoms with Crippen LogP contribution in [0.1, 0.15) is 26.3 Å². The maximum absolute atomic E-state index is 14.6. The van der Waals surface area contributed by atoms with Gasteiger partial charge in [0, 0.05) is 17.2 Å². The third-order valence-corrected chi connectivity index (χ3v) is 10.5. The largest absolute Gasteiger partial charge is 0.507 e. The van der Waals surface area contributed by atoms with Crippen LogP contribution in [0.15, 0.2) is 51.2 Å². The summed E-state index contributed by atoms with van der Waals surface area (Å²) < 4.78 is 46.2. The number of aliphatic hydroxyl groups excluding tert-OH is 10. The Morgan fingerprint density at radius 2 is 1.32 bits per heavy atom. The predicted molar refractivity (Wildman–Crippen MR) is 199 cm³/mol. The van der Waals surface area contributed by atoms with Gasteiger partial charge in [-0.3, -0.25) is 4.79 Å². The fourth-order valence-electron chi connectivity index (χ4n) is 7.00. The second kappa shape index (κ2) is 18.3. The van der Waals surface area contributed by atoms with Gasteiger partial charge < -0.3 is 93.7 Å². The van der Waals surface area contributed by atoms with E-state index in [-0.39, 0.29) is 34.6 Å². The van der Waals surface area contributed by atoms with Crippen LogP contribution in [0.4, 0.5) is 0 Å². The highest BCUT2D eigenvalue weighted by atomic mass is 16.7. The van der Waals surface area contributed by atoms with Gasteiger partial charge in [-0.15, -0.1) is 0 Å². The SMILES string of the molecule is COc1ccc(-c2oc3c(CC=C(C)C)c(O[C@@H]4O[C@H](CO)[C@@H](O)[C@H](O)[C@H]4O)cc(O)c3c(=O)c2O[C@H]2O[C@H](C)[C@@H](O)[C@H](O[C@@H]3O[C@@H](CO)[C@@H](O)[C@@H](O)[C@@H]3O)[C@@H]2O)cc1. The maximum Gasteiger partial charge on any atom is 0.239 e. The Morgan fingerprint density at radius 3 is 1.90 bits per heavy atom. The van der Waals surface area contributed by atoms with Crippen molar-refractivity contribution in [1.29, 1.82) is 0 Å². The van der Waals surface area contributed by atoms with Crippen LogP contribution >= 0.6 is 0 Å². The number of allylic oxidation sites excluding steroid dienone is 2. The molecule has 3 aromatic rings. The van der Waals surface area contributed by atoms with Crippen molar-refractivity contribution in [3.05, 3.63) is 57.8 Å². The van der Waals surface area contributed by atoms with Crippen molar-refractivity contribution in [2.24, 2.45) is 0 Å². The van der Waals surface area contributed by atoms with Gasteiger partial charge in [0.2, 0.25) is 23.8 Å². The second-order valence-corrected chi connectivity index (χ2v) is 14.8. The number of methoxy groups -OCH3 is 1. The molecule has 0 amide bonds. The average Bonchev–Trinajstić information content (AvgIpc) is 3.21. The van der Waals surface area contributed by atoms with Crippen molar-refractivity contribution >= 4 is 11.0 Å². The first-order valence-corrected chi connectivity index (χ1v) is 18.8. The minimum atomic E-state index is -1.96. The molecule has 11 N–H and O–H groups in total. The molecule has 3 saturated heterocycles. The summed E-state index contributed by atoms with van der Waals surface area (Å²) in [6.07, 6.45) is -23.4. The molecule has 2 aromatic carbocycles. The number of benzene rings is 2. The van der Waals surface area contributed by atoms with Gasteiger partial charge in [0.05, 0.1) is 26.4 Å². The lowest BCUT2D eigenvalue weighted by Gasteiger charge is -2.45. The first kappa shape index (κ1) is 44.6. The van der Waals surface area contributed by atoms with Crippen LogP contribution in [0.25, 0.3) is 22.3 Å². The lowest BCUT2D eigenvalue weighted by molar-refractivity contribution is -0.350. The Morgan fingerprint density at radius 1 is 0.746 bits per heavy atom. The van der Waals surface area contributed by atoms with Crippen LogP contribution in [-0.4, -0.2) is 169 Å². The Kier molecular flexibility index (Phi) is 13.9. The topological polar surface area (TPSA) is 317 Å². The van der Waals surface area contributed by atoms with Crippen LogP contribution in [0.3, 0.4) is 0 Å². The van der Waals surface area contributed by atoms with Gasteiger partial charge >= 0.3 is 0 Å². The van der Waals surface area contributed by atoms with E-state index in [1.807, 2.05) is 0 Å². The fraction of sp³-hybridized carbons (Fsp3) is 0.564. The number of hydrogen-bond acceptors (Lipinski definition) is 20. The molecular formula is C39H50O20. The lowest BCUT2D eigenvalue weighted by Crippen LogP contribution is -2.64. The number of phenolic OH excluding ortho intramolecular Hbond substituents is 1. The third kappa shape index (κ3) is 8.79. The number of ether oxygens (including phenoxy) is 7. The van der Waals surface area contributed by atoms with Gasteiger partial charge in [-0.2, -0.15) is 0 Å². The maximum atomic E-state index is 14.6. The number of hydrogen-bond donors (Lipinski definition) is 11. The van der Waals surface area contributed by atoms with Gasteiger partial charge in [0.1, 0.15) is 95.4 Å². The van der Waals surface area contributed by atoms with E-state index < -0.39 is 128 Å². The number of aliphatic hydroxyl groups is 10. The van der Waals surface area contributed by atoms with E-state index in [0.717, 1.165) is 11.6 Å². The van der Waals surface area contributed by atoms with Crippen molar-refractivity contribution in [3.8, 4) is 34.3 Å². The Bertz CT molecular complexity index is 1990. The van der Waals surface area contributed by atoms with Crippen molar-refractivity contribution in [2.45, 2.75) is 119 Å². The number of fused-ring (bicyclic) bond motifs is 1. The van der Waals surface area contributed by atoms with Crippen LogP contribution in [0.2, 0.25) is 0 Å². The molecule has 20 heteroatoms. The Hall–Kier alpha value is -3.97. The first-order chi connectivity index (χ1) is 28.0. The van der Waals surface area contributed by atoms with E-state index in [0.29, 0.717) is 5.75 Å². The number of phenols is 1. The average molecular weight is 839 g/mol. The molecular weight excluding hydrogens is 788 g/mol. The molecule has 3 aliphatic rings. The smallest absolute Gasteiger partial charge is 0.239 e. The van der Waals surface area contributed by atoms with Crippen LogP contribution in [-0.2, 0) is 25.4 Å². The zero-order valence-corrected chi connectivity index (χ0v) is 32.3. The number of rotatable bonds is 12. The van der Waals surface area contributed by atoms with E-state index >= 15 is 0 Å². The van der Waals surface area contributed by atoms with Gasteiger partial charge in [0.25, 0.3) is 0 Å². The number of aromatic hydroxyl groups is 1. The first-order valence-electron chi connectivity index (χ1n) is 18.8. The molecule has 326 valence electrons. The van der Waals surface area contributed by atoms with Crippen LogP contribution in [0, 0.1) is 0 Å². The molecule has 1 aromatic heterocycles. The van der Waals surface area contributed by atoms with Crippen LogP contribution in [0.5, 0.6) is 23.0 Å². The highest BCUT2D eigenvalue weighted by molar-refractivity contribution is 5.91. The molecule has 0 aliphatic carbocycles. The molecule has 0 bridgehead atoms. The lowest BCUT2D eigenvalue weighted by atomic mass is 9.97. The monoisotopic (exact) mass is 838 g/mol. The van der Waals surface area contributed by atoms with Crippen LogP contribution < -0.4 is 19.6 Å². The zero-order valence-electron chi connectivity index (χ0n) is 32.3. The van der Waals surface area contributed by atoms with Crippen molar-refractivity contribution in [1.82, 2.24) is 0 Å². The van der Waals surface area contributed by atoms with E-state index in [1.165, 1.54) is 26.2 Å². The molecule has 20 nitrogen and oxygen atoms in total. The molecule has 0 unspecified atom stereocenters. The Labute approximate surface area is 336 Å². The summed E-state index contributed by atoms with van der Waals surface area (Å²) in [5, 5.41) is 116. The molecule has 0 saturated carbocycles. The Balaban J connectivity index is 1.45. The molecule has 3 aliphatic heterocycles. The van der Waals surface area contributed by atoms with E-state index in [2.05, 4.69) is 0 Å². The van der Waals surface area contributed by atoms with Crippen molar-refractivity contribution < 1.29 is 93.7 Å². The predicted octanol–water partition coefficient (Wildman–Crippen LogP) is -2.11. The summed E-state index contributed by atoms with van der Waals surface area (Å²) >= 11 is 0. The summed E-state index contributed by atoms with van der Waals surface area (Å²) in [4.78, 5) is 14.6. The molecule has 15 atom stereocenters. The molecule has 3 fully saturated rings. The highest BCUT2D eigenvalue weighted by Crippen LogP contribution is 2.42. The van der Waals surface area contributed by atoms with Crippen molar-refractivity contribution in [2.75, 3.05) is 20.3 Å². The van der Waals surface area contributed by atoms with Gasteiger partial charge in [-0.1, -0.05) is 11.6 Å². The minimum absolute atomic E-state index is 0.00783.